The SMILES string of the molecule is Cc1ccc(C(=O)[C@@H](OC(=O)c2ccc(Cl)cc2Cl)c2ccc(C)cc2)cc1. The van der Waals surface area contributed by atoms with Gasteiger partial charge in [0.1, 0.15) is 0 Å². The van der Waals surface area contributed by atoms with Gasteiger partial charge in [-0.2, -0.15) is 0 Å². The van der Waals surface area contributed by atoms with Crippen LogP contribution in [-0.4, -0.2) is 11.8 Å². The summed E-state index contributed by atoms with van der Waals surface area (Å²) in [4.78, 5) is 25.8. The van der Waals surface area contributed by atoms with Crippen molar-refractivity contribution in [3.63, 3.8) is 0 Å². The van der Waals surface area contributed by atoms with Gasteiger partial charge in [-0.25, -0.2) is 4.79 Å². The van der Waals surface area contributed by atoms with Gasteiger partial charge in [-0.05, 0) is 32.0 Å². The Kier molecular flexibility index (Phi) is 6.18. The minimum atomic E-state index is -1.08. The first-order chi connectivity index (χ1) is 13.3. The maximum Gasteiger partial charge on any atom is 0.340 e. The summed E-state index contributed by atoms with van der Waals surface area (Å²) in [7, 11) is 0. The number of carbonyl (C=O) groups excluding carboxylic acids is 2. The number of hydrogen-bond donors (Lipinski definition) is 0. The van der Waals surface area contributed by atoms with Gasteiger partial charge < -0.3 is 4.74 Å². The van der Waals surface area contributed by atoms with Crippen LogP contribution in [0.5, 0.6) is 0 Å². The number of hydrogen-bond acceptors (Lipinski definition) is 3. The average Bonchev–Trinajstić information content (AvgIpc) is 2.67. The number of Topliss-reactive ketones (excluding diaryl/α,β-unsaturated/α-hetero) is 1. The molecular formula is C23H18Cl2O3. The van der Waals surface area contributed by atoms with Gasteiger partial charge in [0, 0.05) is 16.1 Å². The average molecular weight is 413 g/mol. The monoisotopic (exact) mass is 412 g/mol. The number of ketones is 1. The zero-order valence-corrected chi connectivity index (χ0v) is 16.9. The molecule has 3 rings (SSSR count). The van der Waals surface area contributed by atoms with Gasteiger partial charge in [0.05, 0.1) is 10.6 Å². The summed E-state index contributed by atoms with van der Waals surface area (Å²) in [5.41, 5.74) is 3.28. The largest absolute Gasteiger partial charge is 0.445 e. The standard InChI is InChI=1S/C23H18Cl2O3/c1-14-3-7-16(8-4-14)21(26)22(17-9-5-15(2)6-10-17)28-23(27)19-12-11-18(24)13-20(19)25/h3-13,22H,1-2H3/t22-/m0/s1. The van der Waals surface area contributed by atoms with Crippen molar-refractivity contribution in [2.75, 3.05) is 0 Å². The second kappa shape index (κ2) is 8.59. The van der Waals surface area contributed by atoms with Crippen molar-refractivity contribution in [3.8, 4) is 0 Å². The molecule has 142 valence electrons. The highest BCUT2D eigenvalue weighted by Crippen LogP contribution is 2.27. The van der Waals surface area contributed by atoms with Gasteiger partial charge in [-0.1, -0.05) is 82.9 Å². The van der Waals surface area contributed by atoms with E-state index >= 15 is 0 Å². The van der Waals surface area contributed by atoms with E-state index in [0.29, 0.717) is 16.1 Å². The van der Waals surface area contributed by atoms with Gasteiger partial charge in [0.15, 0.2) is 6.10 Å². The first-order valence-corrected chi connectivity index (χ1v) is 9.44. The molecule has 3 aromatic rings. The van der Waals surface area contributed by atoms with E-state index in [4.69, 9.17) is 27.9 Å². The molecule has 0 N–H and O–H groups in total. The lowest BCUT2D eigenvalue weighted by Gasteiger charge is -2.18. The predicted octanol–water partition coefficient (Wildman–Crippen LogP) is 6.39. The molecule has 0 saturated heterocycles. The summed E-state index contributed by atoms with van der Waals surface area (Å²) in [5.74, 6) is -0.991. The van der Waals surface area contributed by atoms with Crippen molar-refractivity contribution in [3.05, 3.63) is 105 Å². The number of esters is 1. The van der Waals surface area contributed by atoms with E-state index in [0.717, 1.165) is 11.1 Å². The fourth-order valence-electron chi connectivity index (χ4n) is 2.71. The molecule has 1 atom stereocenters. The number of benzene rings is 3. The van der Waals surface area contributed by atoms with E-state index in [2.05, 4.69) is 0 Å². The molecule has 0 aliphatic heterocycles. The molecule has 28 heavy (non-hydrogen) atoms. The molecule has 0 saturated carbocycles. The molecule has 0 spiro atoms. The molecule has 3 aromatic carbocycles. The van der Waals surface area contributed by atoms with Crippen molar-refractivity contribution in [2.45, 2.75) is 20.0 Å². The Morgan fingerprint density at radius 2 is 1.39 bits per heavy atom. The lowest BCUT2D eigenvalue weighted by atomic mass is 9.98. The molecular weight excluding hydrogens is 395 g/mol. The highest BCUT2D eigenvalue weighted by Gasteiger charge is 2.27. The van der Waals surface area contributed by atoms with Crippen LogP contribution in [0.4, 0.5) is 0 Å². The summed E-state index contributed by atoms with van der Waals surface area (Å²) in [6.45, 7) is 3.88. The van der Waals surface area contributed by atoms with Crippen molar-refractivity contribution < 1.29 is 14.3 Å². The van der Waals surface area contributed by atoms with Gasteiger partial charge >= 0.3 is 5.97 Å². The van der Waals surface area contributed by atoms with Crippen molar-refractivity contribution >= 4 is 35.0 Å². The van der Waals surface area contributed by atoms with Crippen LogP contribution < -0.4 is 0 Å². The Morgan fingerprint density at radius 3 is 1.96 bits per heavy atom. The van der Waals surface area contributed by atoms with E-state index < -0.39 is 12.1 Å². The second-order valence-corrected chi connectivity index (χ2v) is 7.39. The fourth-order valence-corrected chi connectivity index (χ4v) is 3.19. The Hall–Kier alpha value is -2.62. The number of carbonyl (C=O) groups is 2. The van der Waals surface area contributed by atoms with Crippen LogP contribution in [-0.2, 0) is 4.74 Å². The third kappa shape index (κ3) is 4.61. The zero-order valence-electron chi connectivity index (χ0n) is 15.4. The third-order valence-electron chi connectivity index (χ3n) is 4.33. The maximum absolute atomic E-state index is 13.1. The molecule has 0 amide bonds. The third-order valence-corrected chi connectivity index (χ3v) is 4.88. The van der Waals surface area contributed by atoms with Crippen LogP contribution in [0.2, 0.25) is 10.0 Å². The first-order valence-electron chi connectivity index (χ1n) is 8.68. The Labute approximate surface area is 173 Å². The number of halogens is 2. The Morgan fingerprint density at radius 1 is 0.821 bits per heavy atom. The summed E-state index contributed by atoms with van der Waals surface area (Å²) >= 11 is 12.0. The molecule has 0 fully saturated rings. The predicted molar refractivity (Wildman–Crippen MR) is 111 cm³/mol. The van der Waals surface area contributed by atoms with E-state index in [1.807, 2.05) is 38.1 Å². The number of ether oxygens (including phenoxy) is 1. The normalized spacial score (nSPS) is 11.7. The van der Waals surface area contributed by atoms with Crippen LogP contribution in [0.25, 0.3) is 0 Å². The maximum atomic E-state index is 13.1. The highest BCUT2D eigenvalue weighted by molar-refractivity contribution is 6.36. The molecule has 0 heterocycles. The van der Waals surface area contributed by atoms with Crippen molar-refractivity contribution in [1.29, 1.82) is 0 Å². The molecule has 3 nitrogen and oxygen atoms in total. The van der Waals surface area contributed by atoms with E-state index in [1.165, 1.54) is 12.1 Å². The van der Waals surface area contributed by atoms with Gasteiger partial charge in [0.25, 0.3) is 0 Å². The van der Waals surface area contributed by atoms with Gasteiger partial charge in [-0.3, -0.25) is 4.79 Å². The Bertz CT molecular complexity index is 1010. The molecule has 0 aliphatic carbocycles. The summed E-state index contributed by atoms with van der Waals surface area (Å²) in [5, 5.41) is 0.579. The van der Waals surface area contributed by atoms with E-state index in [1.54, 1.807) is 30.3 Å². The van der Waals surface area contributed by atoms with Crippen LogP contribution >= 0.6 is 23.2 Å². The lowest BCUT2D eigenvalue weighted by molar-refractivity contribution is 0.0280. The fraction of sp³-hybridized carbons (Fsp3) is 0.130. The molecule has 5 heteroatoms. The van der Waals surface area contributed by atoms with Gasteiger partial charge in [0.2, 0.25) is 5.78 Å². The lowest BCUT2D eigenvalue weighted by Crippen LogP contribution is -2.20. The summed E-state index contributed by atoms with van der Waals surface area (Å²) < 4.78 is 5.61. The molecule has 0 unspecified atom stereocenters. The van der Waals surface area contributed by atoms with Gasteiger partial charge in [-0.15, -0.1) is 0 Å². The van der Waals surface area contributed by atoms with Crippen LogP contribution in [0.3, 0.4) is 0 Å². The van der Waals surface area contributed by atoms with Crippen molar-refractivity contribution in [2.24, 2.45) is 0 Å². The van der Waals surface area contributed by atoms with E-state index in [9.17, 15) is 9.59 Å². The van der Waals surface area contributed by atoms with Crippen LogP contribution in [0, 0.1) is 13.8 Å². The molecule has 0 radical (unpaired) electrons. The summed E-state index contributed by atoms with van der Waals surface area (Å²) in [6.07, 6.45) is -1.08. The Balaban J connectivity index is 1.96. The topological polar surface area (TPSA) is 43.4 Å². The number of rotatable bonds is 5. The minimum Gasteiger partial charge on any atom is -0.445 e. The number of aryl methyl sites for hydroxylation is 2. The van der Waals surface area contributed by atoms with Crippen LogP contribution in [0.1, 0.15) is 43.5 Å². The quantitative estimate of drug-likeness (QED) is 0.360. The van der Waals surface area contributed by atoms with E-state index in [-0.39, 0.29) is 16.4 Å². The summed E-state index contributed by atoms with van der Waals surface area (Å²) in [6, 6.07) is 18.9. The highest BCUT2D eigenvalue weighted by atomic mass is 35.5. The zero-order chi connectivity index (χ0) is 20.3. The first kappa shape index (κ1) is 20.1. The smallest absolute Gasteiger partial charge is 0.340 e. The van der Waals surface area contributed by atoms with Crippen LogP contribution in [0.15, 0.2) is 66.7 Å². The van der Waals surface area contributed by atoms with Crippen molar-refractivity contribution in [1.82, 2.24) is 0 Å². The molecule has 0 aliphatic rings. The molecule has 0 bridgehead atoms. The second-order valence-electron chi connectivity index (χ2n) is 6.55. The molecule has 0 aromatic heterocycles. The minimum absolute atomic E-state index is 0.153.